The molecular formula is C16H20FN. The molecule has 1 aliphatic rings. The number of rotatable bonds is 2. The topological polar surface area (TPSA) is 26.0 Å². The van der Waals surface area contributed by atoms with Crippen LogP contribution in [0.4, 0.5) is 10.1 Å². The summed E-state index contributed by atoms with van der Waals surface area (Å²) in [5.74, 6) is 0.259. The first-order valence-corrected chi connectivity index (χ1v) is 6.46. The quantitative estimate of drug-likeness (QED) is 0.755. The van der Waals surface area contributed by atoms with Crippen molar-refractivity contribution in [2.45, 2.75) is 33.6 Å². The van der Waals surface area contributed by atoms with Crippen LogP contribution < -0.4 is 5.73 Å². The summed E-state index contributed by atoms with van der Waals surface area (Å²) in [5, 5.41) is 0. The molecule has 1 nitrogen and oxygen atoms in total. The summed E-state index contributed by atoms with van der Waals surface area (Å²) in [7, 11) is 0. The minimum absolute atomic E-state index is 0.104. The van der Waals surface area contributed by atoms with Gasteiger partial charge in [0, 0.05) is 11.3 Å². The number of allylic oxidation sites excluding steroid dienone is 4. The molecule has 96 valence electrons. The van der Waals surface area contributed by atoms with Crippen LogP contribution in [0.1, 0.15) is 37.8 Å². The van der Waals surface area contributed by atoms with Gasteiger partial charge in [0.1, 0.15) is 5.83 Å². The average Bonchev–Trinajstić information content (AvgIpc) is 2.32. The van der Waals surface area contributed by atoms with Gasteiger partial charge in [-0.05, 0) is 49.0 Å². The predicted molar refractivity (Wildman–Crippen MR) is 75.8 cm³/mol. The lowest BCUT2D eigenvalue weighted by Crippen LogP contribution is -2.05. The molecule has 0 radical (unpaired) electrons. The summed E-state index contributed by atoms with van der Waals surface area (Å²) in [5.41, 5.74) is 10.5. The molecule has 18 heavy (non-hydrogen) atoms. The number of aryl methyl sites for hydroxylation is 1. The Balaban J connectivity index is 2.57. The Hall–Kier alpha value is -1.57. The van der Waals surface area contributed by atoms with Crippen LogP contribution in [0.2, 0.25) is 0 Å². The molecule has 0 amide bonds. The van der Waals surface area contributed by atoms with Crippen molar-refractivity contribution in [3.05, 3.63) is 46.8 Å². The number of anilines is 1. The van der Waals surface area contributed by atoms with Gasteiger partial charge in [-0.1, -0.05) is 31.6 Å². The molecule has 0 bridgehead atoms. The monoisotopic (exact) mass is 245 g/mol. The molecule has 0 fully saturated rings. The van der Waals surface area contributed by atoms with E-state index in [0.29, 0.717) is 5.92 Å². The normalized spacial score (nSPS) is 16.2. The fourth-order valence-electron chi connectivity index (χ4n) is 2.43. The Bertz CT molecular complexity index is 524. The van der Waals surface area contributed by atoms with Crippen LogP contribution >= 0.6 is 0 Å². The van der Waals surface area contributed by atoms with Gasteiger partial charge in [0.05, 0.1) is 0 Å². The third-order valence-electron chi connectivity index (χ3n) is 3.56. The van der Waals surface area contributed by atoms with E-state index in [1.165, 1.54) is 5.57 Å². The number of nitrogen functional groups attached to an aromatic ring is 1. The number of halogens is 1. The van der Waals surface area contributed by atoms with Crippen molar-refractivity contribution in [3.63, 3.8) is 0 Å². The molecule has 0 atom stereocenters. The van der Waals surface area contributed by atoms with Crippen molar-refractivity contribution in [2.24, 2.45) is 5.92 Å². The van der Waals surface area contributed by atoms with E-state index < -0.39 is 0 Å². The summed E-state index contributed by atoms with van der Waals surface area (Å²) >= 11 is 0. The zero-order valence-electron chi connectivity index (χ0n) is 11.3. The molecule has 0 spiro atoms. The van der Waals surface area contributed by atoms with E-state index in [1.54, 1.807) is 6.08 Å². The van der Waals surface area contributed by atoms with Crippen molar-refractivity contribution >= 4 is 11.3 Å². The van der Waals surface area contributed by atoms with Crippen LogP contribution in [-0.2, 0) is 0 Å². The summed E-state index contributed by atoms with van der Waals surface area (Å²) < 4.78 is 14.1. The molecule has 1 aromatic rings. The maximum absolute atomic E-state index is 14.1. The minimum Gasteiger partial charge on any atom is -0.398 e. The van der Waals surface area contributed by atoms with Crippen molar-refractivity contribution in [1.82, 2.24) is 0 Å². The van der Waals surface area contributed by atoms with Gasteiger partial charge in [0.2, 0.25) is 0 Å². The fraction of sp³-hybridized carbons (Fsp3) is 0.375. The molecular weight excluding hydrogens is 225 g/mol. The van der Waals surface area contributed by atoms with Gasteiger partial charge >= 0.3 is 0 Å². The maximum atomic E-state index is 14.1. The Morgan fingerprint density at radius 3 is 2.61 bits per heavy atom. The van der Waals surface area contributed by atoms with Crippen LogP contribution in [-0.4, -0.2) is 0 Å². The first kappa shape index (κ1) is 12.9. The molecule has 2 N–H and O–H groups in total. The lowest BCUT2D eigenvalue weighted by atomic mass is 9.85. The number of hydrogen-bond donors (Lipinski definition) is 1. The van der Waals surface area contributed by atoms with E-state index >= 15 is 0 Å². The zero-order valence-corrected chi connectivity index (χ0v) is 11.3. The second-order valence-electron chi connectivity index (χ2n) is 5.22. The number of hydrogen-bond acceptors (Lipinski definition) is 1. The van der Waals surface area contributed by atoms with Crippen LogP contribution in [0, 0.1) is 12.8 Å². The standard InChI is InChI=1S/C16H20FN/c1-10(2)13-5-4-6-14(17)16(13)12-8-7-11(3)15(18)9-12/h6-10H,4-5,18H2,1-3H3. The molecule has 0 saturated carbocycles. The third-order valence-corrected chi connectivity index (χ3v) is 3.56. The minimum atomic E-state index is -0.104. The summed E-state index contributed by atoms with van der Waals surface area (Å²) in [6.45, 7) is 6.20. The van der Waals surface area contributed by atoms with Crippen LogP contribution in [0.15, 0.2) is 35.7 Å². The highest BCUT2D eigenvalue weighted by Crippen LogP contribution is 2.38. The SMILES string of the molecule is Cc1ccc(C2=C(C(C)C)CCC=C2F)cc1N. The first-order valence-electron chi connectivity index (χ1n) is 6.46. The highest BCUT2D eigenvalue weighted by Gasteiger charge is 2.20. The Morgan fingerprint density at radius 1 is 1.28 bits per heavy atom. The van der Waals surface area contributed by atoms with Crippen molar-refractivity contribution in [2.75, 3.05) is 5.73 Å². The van der Waals surface area contributed by atoms with E-state index in [2.05, 4.69) is 13.8 Å². The largest absolute Gasteiger partial charge is 0.398 e. The zero-order chi connectivity index (χ0) is 13.3. The summed E-state index contributed by atoms with van der Waals surface area (Å²) in [6, 6.07) is 5.80. The van der Waals surface area contributed by atoms with Gasteiger partial charge in [-0.25, -0.2) is 4.39 Å². The second kappa shape index (κ2) is 4.97. The van der Waals surface area contributed by atoms with Gasteiger partial charge < -0.3 is 5.73 Å². The van der Waals surface area contributed by atoms with Crippen LogP contribution in [0.3, 0.4) is 0 Å². The average molecular weight is 245 g/mol. The summed E-state index contributed by atoms with van der Waals surface area (Å²) in [6.07, 6.45) is 3.41. The first-order chi connectivity index (χ1) is 8.50. The van der Waals surface area contributed by atoms with Crippen molar-refractivity contribution in [1.29, 1.82) is 0 Å². The molecule has 1 aromatic carbocycles. The van der Waals surface area contributed by atoms with E-state index in [-0.39, 0.29) is 5.83 Å². The highest BCUT2D eigenvalue weighted by atomic mass is 19.1. The predicted octanol–water partition coefficient (Wildman–Crippen LogP) is 4.63. The van der Waals surface area contributed by atoms with E-state index in [1.807, 2.05) is 25.1 Å². The molecule has 1 aliphatic carbocycles. The summed E-state index contributed by atoms with van der Waals surface area (Å²) in [4.78, 5) is 0. The van der Waals surface area contributed by atoms with E-state index in [9.17, 15) is 4.39 Å². The Kier molecular flexibility index (Phi) is 3.55. The molecule has 0 aromatic heterocycles. The van der Waals surface area contributed by atoms with Crippen LogP contribution in [0.5, 0.6) is 0 Å². The van der Waals surface area contributed by atoms with Gasteiger partial charge in [-0.15, -0.1) is 0 Å². The number of benzene rings is 1. The van der Waals surface area contributed by atoms with Gasteiger partial charge in [-0.3, -0.25) is 0 Å². The molecule has 0 saturated heterocycles. The lowest BCUT2D eigenvalue weighted by molar-refractivity contribution is 0.634. The second-order valence-corrected chi connectivity index (χ2v) is 5.22. The smallest absolute Gasteiger partial charge is 0.127 e. The molecule has 0 unspecified atom stereocenters. The Labute approximate surface area is 108 Å². The Morgan fingerprint density at radius 2 is 2.00 bits per heavy atom. The third kappa shape index (κ3) is 2.33. The van der Waals surface area contributed by atoms with Crippen molar-refractivity contribution < 1.29 is 4.39 Å². The fourth-order valence-corrected chi connectivity index (χ4v) is 2.43. The highest BCUT2D eigenvalue weighted by molar-refractivity contribution is 5.82. The van der Waals surface area contributed by atoms with Gasteiger partial charge in [0.25, 0.3) is 0 Å². The molecule has 2 heteroatoms. The molecule has 0 aliphatic heterocycles. The molecule has 2 rings (SSSR count). The number of nitrogens with two attached hydrogens (primary N) is 1. The van der Waals surface area contributed by atoms with Crippen LogP contribution in [0.25, 0.3) is 5.57 Å². The van der Waals surface area contributed by atoms with Crippen molar-refractivity contribution in [3.8, 4) is 0 Å². The van der Waals surface area contributed by atoms with Gasteiger partial charge in [0.15, 0.2) is 0 Å². The molecule has 0 heterocycles. The van der Waals surface area contributed by atoms with E-state index in [4.69, 9.17) is 5.73 Å². The van der Waals surface area contributed by atoms with E-state index in [0.717, 1.165) is 35.2 Å². The van der Waals surface area contributed by atoms with Gasteiger partial charge in [-0.2, -0.15) is 0 Å². The lowest BCUT2D eigenvalue weighted by Gasteiger charge is -2.21. The maximum Gasteiger partial charge on any atom is 0.127 e.